The summed E-state index contributed by atoms with van der Waals surface area (Å²) in [4.78, 5) is 16.3. The summed E-state index contributed by atoms with van der Waals surface area (Å²) in [7, 11) is 0. The van der Waals surface area contributed by atoms with Gasteiger partial charge in [0.1, 0.15) is 12.3 Å². The van der Waals surface area contributed by atoms with Gasteiger partial charge in [-0.25, -0.2) is 0 Å². The molecule has 1 aliphatic heterocycles. The van der Waals surface area contributed by atoms with Gasteiger partial charge < -0.3 is 23.5 Å². The van der Waals surface area contributed by atoms with Gasteiger partial charge in [-0.15, -0.1) is 0 Å². The number of rotatable bonds is 6. The minimum Gasteiger partial charge on any atom is -0.461 e. The Bertz CT molecular complexity index is 615. The van der Waals surface area contributed by atoms with Crippen LogP contribution in [-0.2, 0) is 16.1 Å². The number of carbonyl (C=O) groups excluding carboxylic acids is 1. The molecule has 0 saturated carbocycles. The molecule has 0 bridgehead atoms. The van der Waals surface area contributed by atoms with Crippen molar-refractivity contribution < 1.29 is 18.5 Å². The maximum atomic E-state index is 12.1. The van der Waals surface area contributed by atoms with Gasteiger partial charge >= 0.3 is 0 Å². The van der Waals surface area contributed by atoms with Gasteiger partial charge in [-0.2, -0.15) is 0 Å². The first-order chi connectivity index (χ1) is 11.3. The minimum absolute atomic E-state index is 0.0236. The molecule has 23 heavy (non-hydrogen) atoms. The smallest absolute Gasteiger partial charge is 0.248 e. The molecule has 2 aromatic heterocycles. The molecule has 0 N–H and O–H groups in total. The van der Waals surface area contributed by atoms with Crippen molar-refractivity contribution in [2.45, 2.75) is 13.5 Å². The summed E-state index contributed by atoms with van der Waals surface area (Å²) in [6.07, 6.45) is 1.57. The van der Waals surface area contributed by atoms with E-state index in [-0.39, 0.29) is 19.1 Å². The maximum absolute atomic E-state index is 12.1. The number of piperazine rings is 1. The standard InChI is InChI=1S/C16H21N3O4/c1-2-18-5-7-19(8-6-18)16(20)12-21-11-13-10-15(23-17-13)14-4-3-9-22-14/h3-4,9-10H,2,5-8,11-12H2,1H3. The molecule has 1 saturated heterocycles. The van der Waals surface area contributed by atoms with E-state index < -0.39 is 0 Å². The normalized spacial score (nSPS) is 16.0. The Balaban J connectivity index is 1.42. The molecule has 0 atom stereocenters. The van der Waals surface area contributed by atoms with Gasteiger partial charge in [0, 0.05) is 32.2 Å². The number of hydrogen-bond donors (Lipinski definition) is 0. The van der Waals surface area contributed by atoms with Crippen molar-refractivity contribution in [2.75, 3.05) is 39.3 Å². The van der Waals surface area contributed by atoms with Crippen LogP contribution in [0.1, 0.15) is 12.6 Å². The fraction of sp³-hybridized carbons (Fsp3) is 0.500. The first kappa shape index (κ1) is 15.8. The molecule has 1 amide bonds. The molecule has 0 aromatic carbocycles. The van der Waals surface area contributed by atoms with Crippen LogP contribution in [0, 0.1) is 0 Å². The first-order valence-electron chi connectivity index (χ1n) is 7.83. The second-order valence-corrected chi connectivity index (χ2v) is 5.47. The lowest BCUT2D eigenvalue weighted by Gasteiger charge is -2.33. The third-order valence-electron chi connectivity index (χ3n) is 3.97. The zero-order valence-electron chi connectivity index (χ0n) is 13.2. The molecule has 0 spiro atoms. The highest BCUT2D eigenvalue weighted by Gasteiger charge is 2.20. The number of furan rings is 1. The van der Waals surface area contributed by atoms with E-state index in [4.69, 9.17) is 13.7 Å². The molecule has 0 radical (unpaired) electrons. The first-order valence-corrected chi connectivity index (χ1v) is 7.83. The van der Waals surface area contributed by atoms with Gasteiger partial charge in [-0.1, -0.05) is 12.1 Å². The van der Waals surface area contributed by atoms with Crippen LogP contribution in [0.15, 0.2) is 33.4 Å². The lowest BCUT2D eigenvalue weighted by Crippen LogP contribution is -2.49. The average molecular weight is 319 g/mol. The monoisotopic (exact) mass is 319 g/mol. The lowest BCUT2D eigenvalue weighted by molar-refractivity contribution is -0.138. The summed E-state index contributed by atoms with van der Waals surface area (Å²) >= 11 is 0. The summed E-state index contributed by atoms with van der Waals surface area (Å²) in [5, 5.41) is 3.91. The molecule has 2 aromatic rings. The molecule has 7 nitrogen and oxygen atoms in total. The van der Waals surface area contributed by atoms with Crippen molar-refractivity contribution in [3.8, 4) is 11.5 Å². The van der Waals surface area contributed by atoms with E-state index in [1.807, 2.05) is 4.90 Å². The minimum atomic E-state index is 0.0236. The van der Waals surface area contributed by atoms with Crippen molar-refractivity contribution in [1.29, 1.82) is 0 Å². The van der Waals surface area contributed by atoms with Crippen LogP contribution in [0.25, 0.3) is 11.5 Å². The van der Waals surface area contributed by atoms with Gasteiger partial charge in [0.25, 0.3) is 0 Å². The fourth-order valence-corrected chi connectivity index (χ4v) is 2.56. The molecule has 1 fully saturated rings. The highest BCUT2D eigenvalue weighted by molar-refractivity contribution is 5.77. The van der Waals surface area contributed by atoms with Crippen LogP contribution in [0.3, 0.4) is 0 Å². The third kappa shape index (κ3) is 4.00. The van der Waals surface area contributed by atoms with Crippen molar-refractivity contribution in [1.82, 2.24) is 15.0 Å². The van der Waals surface area contributed by atoms with Gasteiger partial charge in [0.05, 0.1) is 12.9 Å². The van der Waals surface area contributed by atoms with Gasteiger partial charge in [-0.05, 0) is 18.7 Å². The summed E-state index contributed by atoms with van der Waals surface area (Å²) in [5.41, 5.74) is 0.639. The van der Waals surface area contributed by atoms with Crippen molar-refractivity contribution in [2.24, 2.45) is 0 Å². The van der Waals surface area contributed by atoms with E-state index in [9.17, 15) is 4.79 Å². The maximum Gasteiger partial charge on any atom is 0.248 e. The number of hydrogen-bond acceptors (Lipinski definition) is 6. The van der Waals surface area contributed by atoms with E-state index in [0.717, 1.165) is 32.7 Å². The summed E-state index contributed by atoms with van der Waals surface area (Å²) < 4.78 is 15.9. The molecule has 3 rings (SSSR count). The number of aromatic nitrogens is 1. The number of carbonyl (C=O) groups is 1. The molecular weight excluding hydrogens is 298 g/mol. The molecule has 124 valence electrons. The van der Waals surface area contributed by atoms with Crippen molar-refractivity contribution >= 4 is 5.91 Å². The molecule has 7 heteroatoms. The summed E-state index contributed by atoms with van der Waals surface area (Å²) in [5.74, 6) is 1.19. The van der Waals surface area contributed by atoms with Crippen LogP contribution >= 0.6 is 0 Å². The molecule has 0 unspecified atom stereocenters. The number of ether oxygens (including phenoxy) is 1. The van der Waals surface area contributed by atoms with Crippen molar-refractivity contribution in [3.05, 3.63) is 30.2 Å². The van der Waals surface area contributed by atoms with Crippen LogP contribution in [0.4, 0.5) is 0 Å². The molecule has 3 heterocycles. The zero-order chi connectivity index (χ0) is 16.1. The topological polar surface area (TPSA) is 72.0 Å². The van der Waals surface area contributed by atoms with Gasteiger partial charge in [0.15, 0.2) is 5.76 Å². The highest BCUT2D eigenvalue weighted by Crippen LogP contribution is 2.20. The van der Waals surface area contributed by atoms with E-state index in [0.29, 0.717) is 17.2 Å². The van der Waals surface area contributed by atoms with Crippen LogP contribution in [0.5, 0.6) is 0 Å². The van der Waals surface area contributed by atoms with Crippen LogP contribution in [0.2, 0.25) is 0 Å². The SMILES string of the molecule is CCN1CCN(C(=O)COCc2cc(-c3ccco3)on2)CC1. The zero-order valence-corrected chi connectivity index (χ0v) is 13.2. The Morgan fingerprint density at radius 2 is 2.13 bits per heavy atom. The Morgan fingerprint density at radius 1 is 1.30 bits per heavy atom. The van der Waals surface area contributed by atoms with E-state index in [2.05, 4.69) is 17.0 Å². The summed E-state index contributed by atoms with van der Waals surface area (Å²) in [6.45, 7) is 6.86. The highest BCUT2D eigenvalue weighted by atomic mass is 16.5. The largest absolute Gasteiger partial charge is 0.461 e. The Morgan fingerprint density at radius 3 is 2.83 bits per heavy atom. The third-order valence-corrected chi connectivity index (χ3v) is 3.97. The quantitative estimate of drug-likeness (QED) is 0.805. The van der Waals surface area contributed by atoms with Gasteiger partial charge in [0.2, 0.25) is 11.7 Å². The number of amides is 1. The molecule has 0 aliphatic carbocycles. The van der Waals surface area contributed by atoms with E-state index >= 15 is 0 Å². The predicted molar refractivity (Wildman–Crippen MR) is 82.6 cm³/mol. The number of nitrogens with zero attached hydrogens (tertiary/aromatic N) is 3. The van der Waals surface area contributed by atoms with E-state index in [1.54, 1.807) is 24.5 Å². The van der Waals surface area contributed by atoms with Crippen LogP contribution < -0.4 is 0 Å². The fourth-order valence-electron chi connectivity index (χ4n) is 2.56. The second kappa shape index (κ2) is 7.43. The molecule has 1 aliphatic rings. The molecular formula is C16H21N3O4. The Hall–Kier alpha value is -2.12. The Labute approximate surface area is 134 Å². The van der Waals surface area contributed by atoms with Crippen LogP contribution in [-0.4, -0.2) is 60.2 Å². The average Bonchev–Trinajstić information content (AvgIpc) is 3.26. The van der Waals surface area contributed by atoms with E-state index in [1.165, 1.54) is 0 Å². The lowest BCUT2D eigenvalue weighted by atomic mass is 10.3. The summed E-state index contributed by atoms with van der Waals surface area (Å²) in [6, 6.07) is 5.33. The number of likely N-dealkylation sites (N-methyl/N-ethyl adjacent to an activating group) is 1. The predicted octanol–water partition coefficient (Wildman–Crippen LogP) is 1.62. The van der Waals surface area contributed by atoms with Crippen molar-refractivity contribution in [3.63, 3.8) is 0 Å². The Kier molecular flexibility index (Phi) is 5.09. The van der Waals surface area contributed by atoms with Gasteiger partial charge in [-0.3, -0.25) is 4.79 Å². The second-order valence-electron chi connectivity index (χ2n) is 5.47.